The molecule has 0 aliphatic carbocycles. The number of rotatable bonds is 6. The summed E-state index contributed by atoms with van der Waals surface area (Å²) in [6, 6.07) is 13.3. The molecule has 1 heterocycles. The van der Waals surface area contributed by atoms with Crippen LogP contribution in [0, 0.1) is 13.8 Å². The molecular formula is C20H21NO4. The van der Waals surface area contributed by atoms with Gasteiger partial charge in [-0.2, -0.15) is 0 Å². The Morgan fingerprint density at radius 2 is 1.76 bits per heavy atom. The highest BCUT2D eigenvalue weighted by Gasteiger charge is 2.11. The number of aromatic nitrogens is 1. The lowest BCUT2D eigenvalue weighted by atomic mass is 10.1. The summed E-state index contributed by atoms with van der Waals surface area (Å²) in [5, 5.41) is 0.440. The van der Waals surface area contributed by atoms with E-state index in [2.05, 4.69) is 0 Å². The van der Waals surface area contributed by atoms with Gasteiger partial charge in [0.1, 0.15) is 5.75 Å². The Hall–Kier alpha value is -2.82. The van der Waals surface area contributed by atoms with Crippen molar-refractivity contribution < 1.29 is 9.15 Å². The zero-order chi connectivity index (χ0) is 17.8. The topological polar surface area (TPSA) is 61.4 Å². The van der Waals surface area contributed by atoms with Crippen molar-refractivity contribution in [3.63, 3.8) is 0 Å². The van der Waals surface area contributed by atoms with Crippen LogP contribution in [0.2, 0.25) is 0 Å². The Labute approximate surface area is 145 Å². The third-order valence-corrected chi connectivity index (χ3v) is 4.19. The van der Waals surface area contributed by atoms with Crippen LogP contribution in [0.25, 0.3) is 10.9 Å². The van der Waals surface area contributed by atoms with Crippen LogP contribution < -0.4 is 16.1 Å². The molecule has 0 aliphatic rings. The maximum Gasteiger partial charge on any atom is 0.422 e. The van der Waals surface area contributed by atoms with Crippen LogP contribution >= 0.6 is 0 Å². The van der Waals surface area contributed by atoms with Gasteiger partial charge in [-0.05, 0) is 50.5 Å². The monoisotopic (exact) mass is 339 g/mol. The van der Waals surface area contributed by atoms with E-state index in [9.17, 15) is 9.59 Å². The van der Waals surface area contributed by atoms with Gasteiger partial charge >= 0.3 is 11.4 Å². The van der Waals surface area contributed by atoms with E-state index in [4.69, 9.17) is 9.15 Å². The Kier molecular flexibility index (Phi) is 5.03. The first-order chi connectivity index (χ1) is 12.1. The molecule has 3 rings (SSSR count). The molecule has 0 bridgehead atoms. The van der Waals surface area contributed by atoms with Crippen molar-refractivity contribution in [2.45, 2.75) is 33.2 Å². The van der Waals surface area contributed by atoms with E-state index in [0.717, 1.165) is 24.2 Å². The van der Waals surface area contributed by atoms with Crippen molar-refractivity contribution in [1.82, 2.24) is 4.57 Å². The van der Waals surface area contributed by atoms with Crippen LogP contribution in [-0.4, -0.2) is 11.2 Å². The first-order valence-electron chi connectivity index (χ1n) is 8.39. The first-order valence-corrected chi connectivity index (χ1v) is 8.39. The van der Waals surface area contributed by atoms with Crippen molar-refractivity contribution in [2.75, 3.05) is 6.61 Å². The van der Waals surface area contributed by atoms with Crippen molar-refractivity contribution >= 4 is 10.9 Å². The van der Waals surface area contributed by atoms with Gasteiger partial charge in [-0.1, -0.05) is 29.8 Å². The minimum atomic E-state index is -0.605. The van der Waals surface area contributed by atoms with Crippen LogP contribution in [0.3, 0.4) is 0 Å². The van der Waals surface area contributed by atoms with Gasteiger partial charge in [0.2, 0.25) is 0 Å². The number of ether oxygens (including phenoxy) is 1. The molecule has 0 amide bonds. The van der Waals surface area contributed by atoms with Crippen molar-refractivity contribution in [3.8, 4) is 5.75 Å². The summed E-state index contributed by atoms with van der Waals surface area (Å²) in [6.07, 6.45) is 1.55. The lowest BCUT2D eigenvalue weighted by Crippen LogP contribution is -2.25. The highest BCUT2D eigenvalue weighted by Crippen LogP contribution is 2.15. The zero-order valence-corrected chi connectivity index (χ0v) is 14.5. The van der Waals surface area contributed by atoms with E-state index < -0.39 is 11.4 Å². The first kappa shape index (κ1) is 17.0. The van der Waals surface area contributed by atoms with Gasteiger partial charge in [-0.25, -0.2) is 9.59 Å². The van der Waals surface area contributed by atoms with E-state index in [1.807, 2.05) is 44.2 Å². The summed E-state index contributed by atoms with van der Waals surface area (Å²) in [5.41, 5.74) is 2.16. The molecule has 5 nitrogen and oxygen atoms in total. The van der Waals surface area contributed by atoms with Gasteiger partial charge < -0.3 is 9.15 Å². The SMILES string of the molecule is Cc1ccc(OCCCCn2c(=O)oc(=O)c3cccc(C)c32)cc1. The highest BCUT2D eigenvalue weighted by atomic mass is 16.5. The second-order valence-electron chi connectivity index (χ2n) is 6.15. The number of hydrogen-bond donors (Lipinski definition) is 0. The molecule has 0 saturated heterocycles. The molecule has 25 heavy (non-hydrogen) atoms. The van der Waals surface area contributed by atoms with E-state index in [1.165, 1.54) is 10.1 Å². The summed E-state index contributed by atoms with van der Waals surface area (Å²) in [7, 11) is 0. The number of benzene rings is 2. The fourth-order valence-electron chi connectivity index (χ4n) is 2.86. The molecule has 0 N–H and O–H groups in total. The Bertz CT molecular complexity index is 983. The molecule has 2 aromatic carbocycles. The van der Waals surface area contributed by atoms with E-state index in [0.29, 0.717) is 24.1 Å². The lowest BCUT2D eigenvalue weighted by Gasteiger charge is -2.11. The van der Waals surface area contributed by atoms with Crippen molar-refractivity contribution in [3.05, 3.63) is 74.6 Å². The standard InChI is InChI=1S/C20H21NO4/c1-14-8-10-16(11-9-14)24-13-4-3-12-21-18-15(2)6-5-7-17(18)19(22)25-20(21)23/h5-11H,3-4,12-13H2,1-2H3. The largest absolute Gasteiger partial charge is 0.494 e. The van der Waals surface area contributed by atoms with Crippen LogP contribution in [0.5, 0.6) is 5.75 Å². The summed E-state index contributed by atoms with van der Waals surface area (Å²) < 4.78 is 12.1. The van der Waals surface area contributed by atoms with Gasteiger partial charge in [0, 0.05) is 6.54 Å². The van der Waals surface area contributed by atoms with Crippen LogP contribution in [-0.2, 0) is 6.54 Å². The van der Waals surface area contributed by atoms with Crippen molar-refractivity contribution in [2.24, 2.45) is 0 Å². The maximum absolute atomic E-state index is 12.1. The number of unbranched alkanes of at least 4 members (excludes halogenated alkanes) is 1. The van der Waals surface area contributed by atoms with Crippen LogP contribution in [0.15, 0.2) is 56.5 Å². The highest BCUT2D eigenvalue weighted by molar-refractivity contribution is 5.80. The minimum absolute atomic E-state index is 0.440. The Morgan fingerprint density at radius 1 is 1.00 bits per heavy atom. The summed E-state index contributed by atoms with van der Waals surface area (Å²) in [5.74, 6) is 0.237. The predicted octanol–water partition coefficient (Wildman–Crippen LogP) is 3.43. The number of nitrogens with zero attached hydrogens (tertiary/aromatic N) is 1. The van der Waals surface area contributed by atoms with E-state index in [-0.39, 0.29) is 0 Å². The van der Waals surface area contributed by atoms with Gasteiger partial charge in [0.25, 0.3) is 0 Å². The molecule has 0 spiro atoms. The number of aryl methyl sites for hydroxylation is 3. The summed E-state index contributed by atoms with van der Waals surface area (Å²) in [6.45, 7) is 4.98. The van der Waals surface area contributed by atoms with Gasteiger partial charge in [0.15, 0.2) is 0 Å². The number of hydrogen-bond acceptors (Lipinski definition) is 4. The average Bonchev–Trinajstić information content (AvgIpc) is 2.59. The smallest absolute Gasteiger partial charge is 0.422 e. The predicted molar refractivity (Wildman–Crippen MR) is 97.4 cm³/mol. The third kappa shape index (κ3) is 3.82. The molecule has 5 heteroatoms. The lowest BCUT2D eigenvalue weighted by molar-refractivity contribution is 0.301. The molecule has 0 atom stereocenters. The molecule has 3 aromatic rings. The fraction of sp³-hybridized carbons (Fsp3) is 0.300. The molecule has 0 radical (unpaired) electrons. The van der Waals surface area contributed by atoms with Crippen LogP contribution in [0.4, 0.5) is 0 Å². The third-order valence-electron chi connectivity index (χ3n) is 4.19. The summed E-state index contributed by atoms with van der Waals surface area (Å²) >= 11 is 0. The molecule has 130 valence electrons. The molecular weight excluding hydrogens is 318 g/mol. The minimum Gasteiger partial charge on any atom is -0.494 e. The molecule has 0 fully saturated rings. The van der Waals surface area contributed by atoms with Crippen molar-refractivity contribution in [1.29, 1.82) is 0 Å². The average molecular weight is 339 g/mol. The molecule has 0 unspecified atom stereocenters. The van der Waals surface area contributed by atoms with Gasteiger partial charge in [0.05, 0.1) is 17.5 Å². The second-order valence-corrected chi connectivity index (χ2v) is 6.15. The van der Waals surface area contributed by atoms with E-state index in [1.54, 1.807) is 12.1 Å². The molecule has 1 aromatic heterocycles. The Morgan fingerprint density at radius 3 is 2.52 bits per heavy atom. The summed E-state index contributed by atoms with van der Waals surface area (Å²) in [4.78, 5) is 23.9. The number of para-hydroxylation sites is 1. The van der Waals surface area contributed by atoms with Gasteiger partial charge in [-0.15, -0.1) is 0 Å². The maximum atomic E-state index is 12.1. The zero-order valence-electron chi connectivity index (χ0n) is 14.5. The quantitative estimate of drug-likeness (QED) is 0.646. The second kappa shape index (κ2) is 7.38. The van der Waals surface area contributed by atoms with Gasteiger partial charge in [-0.3, -0.25) is 4.57 Å². The number of fused-ring (bicyclic) bond motifs is 1. The Balaban J connectivity index is 1.66. The fourth-order valence-corrected chi connectivity index (χ4v) is 2.86. The van der Waals surface area contributed by atoms with E-state index >= 15 is 0 Å². The van der Waals surface area contributed by atoms with Crippen LogP contribution in [0.1, 0.15) is 24.0 Å². The molecule has 0 saturated carbocycles. The molecule has 0 aliphatic heterocycles. The normalized spacial score (nSPS) is 11.0.